The Morgan fingerprint density at radius 3 is 3.25 bits per heavy atom. The average molecular weight is 235 g/mol. The van der Waals surface area contributed by atoms with E-state index in [1.807, 2.05) is 5.38 Å². The number of aliphatic hydroxyl groups is 1. The Morgan fingerprint density at radius 1 is 1.44 bits per heavy atom. The number of rotatable bonds is 1. The van der Waals surface area contributed by atoms with Crippen LogP contribution in [0.3, 0.4) is 0 Å². The van der Waals surface area contributed by atoms with E-state index < -0.39 is 0 Å². The molecule has 1 saturated heterocycles. The van der Waals surface area contributed by atoms with E-state index in [9.17, 15) is 5.11 Å². The fourth-order valence-electron chi connectivity index (χ4n) is 2.18. The van der Waals surface area contributed by atoms with E-state index in [0.29, 0.717) is 6.54 Å². The number of β-amino-alcohol motifs (C(OH)–C–C–N with tert-alkyl or cyclic N) is 1. The second-order valence-corrected chi connectivity index (χ2v) is 4.97. The Morgan fingerprint density at radius 2 is 2.38 bits per heavy atom. The summed E-state index contributed by atoms with van der Waals surface area (Å²) in [6, 6.07) is 2.05. The minimum atomic E-state index is -0.225. The quantitative estimate of drug-likeness (QED) is 0.816. The molecule has 2 aromatic rings. The molecule has 1 aliphatic heterocycles. The Labute approximate surface area is 97.6 Å². The van der Waals surface area contributed by atoms with Crippen molar-refractivity contribution in [3.63, 3.8) is 0 Å². The Hall–Kier alpha value is -1.20. The summed E-state index contributed by atoms with van der Waals surface area (Å²) in [5, 5.41) is 12.8. The van der Waals surface area contributed by atoms with Crippen molar-refractivity contribution < 1.29 is 5.11 Å². The van der Waals surface area contributed by atoms with Gasteiger partial charge in [-0.2, -0.15) is 0 Å². The summed E-state index contributed by atoms with van der Waals surface area (Å²) in [5.41, 5.74) is 0. The number of anilines is 1. The molecular weight excluding hydrogens is 222 g/mol. The number of hydrogen-bond donors (Lipinski definition) is 1. The molecule has 16 heavy (non-hydrogen) atoms. The SMILES string of the molecule is O[C@@H]1CCCN(c2ncnc3sccc23)C1. The number of piperidine rings is 1. The van der Waals surface area contributed by atoms with Crippen molar-refractivity contribution in [2.45, 2.75) is 18.9 Å². The van der Waals surface area contributed by atoms with Crippen LogP contribution in [0, 0.1) is 0 Å². The topological polar surface area (TPSA) is 49.2 Å². The van der Waals surface area contributed by atoms with Gasteiger partial charge in [-0.15, -0.1) is 11.3 Å². The maximum Gasteiger partial charge on any atom is 0.140 e. The zero-order chi connectivity index (χ0) is 11.0. The summed E-state index contributed by atoms with van der Waals surface area (Å²) >= 11 is 1.63. The number of aromatic nitrogens is 2. The molecule has 0 bridgehead atoms. The van der Waals surface area contributed by atoms with Crippen molar-refractivity contribution in [1.29, 1.82) is 0 Å². The Kier molecular flexibility index (Phi) is 2.49. The van der Waals surface area contributed by atoms with Crippen LogP contribution in [-0.2, 0) is 0 Å². The molecule has 0 aliphatic carbocycles. The minimum absolute atomic E-state index is 0.225. The monoisotopic (exact) mass is 235 g/mol. The van der Waals surface area contributed by atoms with Crippen LogP contribution in [-0.4, -0.2) is 34.3 Å². The molecule has 84 valence electrons. The van der Waals surface area contributed by atoms with Crippen molar-refractivity contribution in [2.24, 2.45) is 0 Å². The van der Waals surface area contributed by atoms with Crippen molar-refractivity contribution in [3.8, 4) is 0 Å². The van der Waals surface area contributed by atoms with Gasteiger partial charge in [0.2, 0.25) is 0 Å². The fraction of sp³-hybridized carbons (Fsp3) is 0.455. The lowest BCUT2D eigenvalue weighted by molar-refractivity contribution is 0.154. The van der Waals surface area contributed by atoms with Crippen LogP contribution in [0.25, 0.3) is 10.2 Å². The molecule has 5 heteroatoms. The number of thiophene rings is 1. The fourth-order valence-corrected chi connectivity index (χ4v) is 2.90. The number of aliphatic hydroxyl groups excluding tert-OH is 1. The van der Waals surface area contributed by atoms with Crippen molar-refractivity contribution in [3.05, 3.63) is 17.8 Å². The van der Waals surface area contributed by atoms with Gasteiger partial charge in [-0.1, -0.05) is 0 Å². The van der Waals surface area contributed by atoms with Gasteiger partial charge in [0.05, 0.1) is 11.5 Å². The summed E-state index contributed by atoms with van der Waals surface area (Å²) in [4.78, 5) is 11.8. The van der Waals surface area contributed by atoms with E-state index in [1.54, 1.807) is 17.7 Å². The third kappa shape index (κ3) is 1.66. The molecule has 2 aromatic heterocycles. The third-order valence-electron chi connectivity index (χ3n) is 2.94. The predicted molar refractivity (Wildman–Crippen MR) is 64.9 cm³/mol. The molecule has 0 aromatic carbocycles. The standard InChI is InChI=1S/C11H13N3OS/c15-8-2-1-4-14(6-8)10-9-3-5-16-11(9)13-7-12-10/h3,5,7-8,15H,1-2,4,6H2/t8-/m1/s1. The van der Waals surface area contributed by atoms with E-state index in [4.69, 9.17) is 0 Å². The highest BCUT2D eigenvalue weighted by Crippen LogP contribution is 2.28. The summed E-state index contributed by atoms with van der Waals surface area (Å²) in [5.74, 6) is 0.963. The smallest absolute Gasteiger partial charge is 0.140 e. The molecule has 1 aliphatic rings. The maximum atomic E-state index is 9.68. The van der Waals surface area contributed by atoms with E-state index in [1.165, 1.54) is 0 Å². The molecule has 0 amide bonds. The van der Waals surface area contributed by atoms with Crippen LogP contribution >= 0.6 is 11.3 Å². The number of hydrogen-bond acceptors (Lipinski definition) is 5. The maximum absolute atomic E-state index is 9.68. The molecule has 1 atom stereocenters. The number of nitrogens with zero attached hydrogens (tertiary/aromatic N) is 3. The minimum Gasteiger partial charge on any atom is -0.391 e. The second-order valence-electron chi connectivity index (χ2n) is 4.08. The second kappa shape index (κ2) is 3.99. The summed E-state index contributed by atoms with van der Waals surface area (Å²) in [6.07, 6.45) is 3.30. The van der Waals surface area contributed by atoms with Crippen molar-refractivity contribution >= 4 is 27.4 Å². The van der Waals surface area contributed by atoms with Gasteiger partial charge in [-0.05, 0) is 24.3 Å². The highest BCUT2D eigenvalue weighted by Gasteiger charge is 2.20. The normalized spacial score (nSPS) is 21.6. The van der Waals surface area contributed by atoms with Crippen LogP contribution < -0.4 is 4.90 Å². The third-order valence-corrected chi connectivity index (χ3v) is 3.76. The highest BCUT2D eigenvalue weighted by atomic mass is 32.1. The first kappa shape index (κ1) is 9.99. The van der Waals surface area contributed by atoms with Crippen LogP contribution in [0.5, 0.6) is 0 Å². The van der Waals surface area contributed by atoms with Gasteiger partial charge in [-0.25, -0.2) is 9.97 Å². The molecule has 1 fully saturated rings. The number of fused-ring (bicyclic) bond motifs is 1. The average Bonchev–Trinajstić information content (AvgIpc) is 2.76. The van der Waals surface area contributed by atoms with Crippen LogP contribution in [0.4, 0.5) is 5.82 Å². The molecular formula is C11H13N3OS. The molecule has 3 rings (SSSR count). The lowest BCUT2D eigenvalue weighted by Crippen LogP contribution is -2.38. The molecule has 1 N–H and O–H groups in total. The van der Waals surface area contributed by atoms with Crippen molar-refractivity contribution in [1.82, 2.24) is 9.97 Å². The lowest BCUT2D eigenvalue weighted by atomic mass is 10.1. The van der Waals surface area contributed by atoms with E-state index in [2.05, 4.69) is 20.9 Å². The van der Waals surface area contributed by atoms with Gasteiger partial charge < -0.3 is 10.0 Å². The summed E-state index contributed by atoms with van der Waals surface area (Å²) < 4.78 is 0. The van der Waals surface area contributed by atoms with Gasteiger partial charge in [0.1, 0.15) is 17.0 Å². The van der Waals surface area contributed by atoms with E-state index in [-0.39, 0.29) is 6.10 Å². The Balaban J connectivity index is 2.01. The molecule has 4 nitrogen and oxygen atoms in total. The largest absolute Gasteiger partial charge is 0.391 e. The summed E-state index contributed by atoms with van der Waals surface area (Å²) in [6.45, 7) is 1.65. The zero-order valence-corrected chi connectivity index (χ0v) is 9.65. The van der Waals surface area contributed by atoms with Gasteiger partial charge in [-0.3, -0.25) is 0 Å². The molecule has 0 saturated carbocycles. The molecule has 0 radical (unpaired) electrons. The predicted octanol–water partition coefficient (Wildman–Crippen LogP) is 1.65. The van der Waals surface area contributed by atoms with Crippen LogP contribution in [0.15, 0.2) is 17.8 Å². The van der Waals surface area contributed by atoms with Crippen molar-refractivity contribution in [2.75, 3.05) is 18.0 Å². The van der Waals surface area contributed by atoms with Crippen LogP contribution in [0.1, 0.15) is 12.8 Å². The van der Waals surface area contributed by atoms with Gasteiger partial charge in [0.15, 0.2) is 0 Å². The van der Waals surface area contributed by atoms with Crippen LogP contribution in [0.2, 0.25) is 0 Å². The van der Waals surface area contributed by atoms with Gasteiger partial charge in [0.25, 0.3) is 0 Å². The lowest BCUT2D eigenvalue weighted by Gasteiger charge is -2.31. The summed E-state index contributed by atoms with van der Waals surface area (Å²) in [7, 11) is 0. The van der Waals surface area contributed by atoms with E-state index in [0.717, 1.165) is 35.4 Å². The Bertz CT molecular complexity index is 499. The molecule has 3 heterocycles. The highest BCUT2D eigenvalue weighted by molar-refractivity contribution is 7.16. The molecule has 0 unspecified atom stereocenters. The molecule has 0 spiro atoms. The zero-order valence-electron chi connectivity index (χ0n) is 8.83. The van der Waals surface area contributed by atoms with E-state index >= 15 is 0 Å². The first-order valence-corrected chi connectivity index (χ1v) is 6.34. The van der Waals surface area contributed by atoms with Gasteiger partial charge in [0, 0.05) is 13.1 Å². The first-order chi connectivity index (χ1) is 7.84. The van der Waals surface area contributed by atoms with Gasteiger partial charge >= 0.3 is 0 Å². The first-order valence-electron chi connectivity index (χ1n) is 5.46.